The molecule has 5 heteroatoms. The van der Waals surface area contributed by atoms with Crippen LogP contribution in [0.15, 0.2) is 18.2 Å². The van der Waals surface area contributed by atoms with Gasteiger partial charge in [0.15, 0.2) is 0 Å². The zero-order chi connectivity index (χ0) is 14.4. The van der Waals surface area contributed by atoms with E-state index in [0.29, 0.717) is 22.0 Å². The molecule has 1 aromatic carbocycles. The van der Waals surface area contributed by atoms with Crippen molar-refractivity contribution in [1.82, 2.24) is 5.32 Å². The zero-order valence-electron chi connectivity index (χ0n) is 11.1. The van der Waals surface area contributed by atoms with Crippen LogP contribution in [0, 0.1) is 5.92 Å². The summed E-state index contributed by atoms with van der Waals surface area (Å²) in [5.41, 5.74) is 0.707. The van der Waals surface area contributed by atoms with Crippen molar-refractivity contribution >= 4 is 29.1 Å². The fraction of sp³-hybridized carbons (Fsp3) is 0.500. The van der Waals surface area contributed by atoms with Crippen molar-refractivity contribution in [1.29, 1.82) is 0 Å². The van der Waals surface area contributed by atoms with Gasteiger partial charge >= 0.3 is 0 Å². The molecule has 1 unspecified atom stereocenters. The standard InChI is InChI=1S/C14H19Cl2NO2/c1-9(2)13(5-6-18)17-14(19)8-10-7-11(15)3-4-12(10)16/h3-4,7,9,13,18H,5-6,8H2,1-2H3,(H,17,19). The number of aliphatic hydroxyl groups excluding tert-OH is 1. The summed E-state index contributed by atoms with van der Waals surface area (Å²) in [7, 11) is 0. The van der Waals surface area contributed by atoms with Gasteiger partial charge in [-0.2, -0.15) is 0 Å². The van der Waals surface area contributed by atoms with Crippen LogP contribution in [0.1, 0.15) is 25.8 Å². The molecule has 0 bridgehead atoms. The van der Waals surface area contributed by atoms with E-state index in [0.717, 1.165) is 0 Å². The average Bonchev–Trinajstić information content (AvgIpc) is 2.33. The smallest absolute Gasteiger partial charge is 0.224 e. The van der Waals surface area contributed by atoms with Gasteiger partial charge in [-0.05, 0) is 36.1 Å². The minimum absolute atomic E-state index is 0.0320. The summed E-state index contributed by atoms with van der Waals surface area (Å²) >= 11 is 11.9. The highest BCUT2D eigenvalue weighted by Crippen LogP contribution is 2.21. The quantitative estimate of drug-likeness (QED) is 0.848. The summed E-state index contributed by atoms with van der Waals surface area (Å²) in [5, 5.41) is 13.0. The molecule has 1 amide bonds. The van der Waals surface area contributed by atoms with E-state index in [1.165, 1.54) is 0 Å². The van der Waals surface area contributed by atoms with E-state index in [2.05, 4.69) is 5.32 Å². The van der Waals surface area contributed by atoms with Gasteiger partial charge in [-0.3, -0.25) is 4.79 Å². The number of aliphatic hydroxyl groups is 1. The Bertz CT molecular complexity index is 435. The molecule has 106 valence electrons. The lowest BCUT2D eigenvalue weighted by atomic mass is 10.0. The second-order valence-corrected chi connectivity index (χ2v) is 5.69. The molecule has 2 N–H and O–H groups in total. The van der Waals surface area contributed by atoms with E-state index < -0.39 is 0 Å². The van der Waals surface area contributed by atoms with Gasteiger partial charge in [0.05, 0.1) is 6.42 Å². The average molecular weight is 304 g/mol. The molecule has 0 aliphatic heterocycles. The summed E-state index contributed by atoms with van der Waals surface area (Å²) in [6.45, 7) is 4.07. The molecule has 0 radical (unpaired) electrons. The van der Waals surface area contributed by atoms with E-state index in [1.54, 1.807) is 18.2 Å². The van der Waals surface area contributed by atoms with Crippen molar-refractivity contribution in [2.24, 2.45) is 5.92 Å². The van der Waals surface area contributed by atoms with Crippen LogP contribution in [-0.2, 0) is 11.2 Å². The lowest BCUT2D eigenvalue weighted by Gasteiger charge is -2.21. The fourth-order valence-corrected chi connectivity index (χ4v) is 2.20. The molecular formula is C14H19Cl2NO2. The first kappa shape index (κ1) is 16.3. The third-order valence-electron chi connectivity index (χ3n) is 2.95. The molecular weight excluding hydrogens is 285 g/mol. The molecule has 0 heterocycles. The maximum Gasteiger partial charge on any atom is 0.224 e. The topological polar surface area (TPSA) is 49.3 Å². The lowest BCUT2D eigenvalue weighted by molar-refractivity contribution is -0.121. The Kier molecular flexibility index (Phi) is 6.63. The lowest BCUT2D eigenvalue weighted by Crippen LogP contribution is -2.40. The fourth-order valence-electron chi connectivity index (χ4n) is 1.82. The Hall–Kier alpha value is -0.770. The first-order chi connectivity index (χ1) is 8.93. The molecule has 3 nitrogen and oxygen atoms in total. The molecule has 0 saturated carbocycles. The maximum atomic E-state index is 12.0. The summed E-state index contributed by atoms with van der Waals surface area (Å²) < 4.78 is 0. The predicted molar refractivity (Wildman–Crippen MR) is 78.6 cm³/mol. The highest BCUT2D eigenvalue weighted by molar-refractivity contribution is 6.33. The van der Waals surface area contributed by atoms with Crippen molar-refractivity contribution in [2.75, 3.05) is 6.61 Å². The third kappa shape index (κ3) is 5.39. The van der Waals surface area contributed by atoms with Crippen molar-refractivity contribution in [3.05, 3.63) is 33.8 Å². The predicted octanol–water partition coefficient (Wildman–Crippen LogP) is 3.06. The number of hydrogen-bond acceptors (Lipinski definition) is 2. The SMILES string of the molecule is CC(C)C(CCO)NC(=O)Cc1cc(Cl)ccc1Cl. The minimum atomic E-state index is -0.115. The number of nitrogens with one attached hydrogen (secondary N) is 1. The van der Waals surface area contributed by atoms with Crippen molar-refractivity contribution in [3.63, 3.8) is 0 Å². The summed E-state index contributed by atoms with van der Waals surface area (Å²) in [5.74, 6) is 0.155. The molecule has 1 atom stereocenters. The first-order valence-electron chi connectivity index (χ1n) is 6.28. The van der Waals surface area contributed by atoms with Crippen LogP contribution in [0.25, 0.3) is 0 Å². The number of hydrogen-bond donors (Lipinski definition) is 2. The molecule has 0 aliphatic rings. The van der Waals surface area contributed by atoms with Crippen LogP contribution < -0.4 is 5.32 Å². The van der Waals surface area contributed by atoms with Crippen LogP contribution in [0.5, 0.6) is 0 Å². The number of rotatable bonds is 6. The maximum absolute atomic E-state index is 12.0. The molecule has 0 fully saturated rings. The number of carbonyl (C=O) groups excluding carboxylic acids is 1. The van der Waals surface area contributed by atoms with Gasteiger partial charge in [-0.1, -0.05) is 37.0 Å². The van der Waals surface area contributed by atoms with Crippen LogP contribution in [0.3, 0.4) is 0 Å². The van der Waals surface area contributed by atoms with Crippen LogP contribution in [0.4, 0.5) is 0 Å². The van der Waals surface area contributed by atoms with E-state index >= 15 is 0 Å². The number of halogens is 2. The van der Waals surface area contributed by atoms with Crippen LogP contribution in [0.2, 0.25) is 10.0 Å². The Morgan fingerprint density at radius 1 is 1.37 bits per heavy atom. The third-order valence-corrected chi connectivity index (χ3v) is 3.55. The second-order valence-electron chi connectivity index (χ2n) is 4.84. The van der Waals surface area contributed by atoms with Gasteiger partial charge in [0.25, 0.3) is 0 Å². The zero-order valence-corrected chi connectivity index (χ0v) is 12.6. The van der Waals surface area contributed by atoms with Gasteiger partial charge in [0.2, 0.25) is 5.91 Å². The van der Waals surface area contributed by atoms with Gasteiger partial charge in [-0.15, -0.1) is 0 Å². The van der Waals surface area contributed by atoms with Crippen LogP contribution in [-0.4, -0.2) is 23.7 Å². The normalized spacial score (nSPS) is 12.5. The number of amides is 1. The number of benzene rings is 1. The van der Waals surface area contributed by atoms with Crippen molar-refractivity contribution in [3.8, 4) is 0 Å². The Balaban J connectivity index is 2.66. The molecule has 19 heavy (non-hydrogen) atoms. The molecule has 0 saturated heterocycles. The van der Waals surface area contributed by atoms with Gasteiger partial charge in [-0.25, -0.2) is 0 Å². The molecule has 1 aromatic rings. The van der Waals surface area contributed by atoms with Crippen molar-refractivity contribution in [2.45, 2.75) is 32.7 Å². The van der Waals surface area contributed by atoms with E-state index in [4.69, 9.17) is 28.3 Å². The highest BCUT2D eigenvalue weighted by atomic mass is 35.5. The van der Waals surface area contributed by atoms with E-state index in [9.17, 15) is 4.79 Å². The summed E-state index contributed by atoms with van der Waals surface area (Å²) in [6.07, 6.45) is 0.737. The second kappa shape index (κ2) is 7.73. The minimum Gasteiger partial charge on any atom is -0.396 e. The van der Waals surface area contributed by atoms with Gasteiger partial charge < -0.3 is 10.4 Å². The van der Waals surface area contributed by atoms with Crippen molar-refractivity contribution < 1.29 is 9.90 Å². The molecule has 0 spiro atoms. The monoisotopic (exact) mass is 303 g/mol. The molecule has 0 aromatic heterocycles. The largest absolute Gasteiger partial charge is 0.396 e. The van der Waals surface area contributed by atoms with E-state index in [1.807, 2.05) is 13.8 Å². The summed E-state index contributed by atoms with van der Waals surface area (Å²) in [4.78, 5) is 12.0. The first-order valence-corrected chi connectivity index (χ1v) is 7.03. The van der Waals surface area contributed by atoms with Crippen LogP contribution >= 0.6 is 23.2 Å². The Morgan fingerprint density at radius 2 is 2.05 bits per heavy atom. The molecule has 1 rings (SSSR count). The Labute approximate surface area is 123 Å². The molecule has 0 aliphatic carbocycles. The highest BCUT2D eigenvalue weighted by Gasteiger charge is 2.16. The summed E-state index contributed by atoms with van der Waals surface area (Å²) in [6, 6.07) is 5.03. The Morgan fingerprint density at radius 3 is 2.63 bits per heavy atom. The van der Waals surface area contributed by atoms with E-state index in [-0.39, 0.29) is 30.9 Å². The number of carbonyl (C=O) groups is 1. The van der Waals surface area contributed by atoms with Gasteiger partial charge in [0.1, 0.15) is 0 Å². The van der Waals surface area contributed by atoms with Gasteiger partial charge in [0, 0.05) is 22.7 Å².